The van der Waals surface area contributed by atoms with Crippen molar-refractivity contribution in [2.45, 2.75) is 24.5 Å². The minimum absolute atomic E-state index is 0.186. The van der Waals surface area contributed by atoms with Gasteiger partial charge in [-0.3, -0.25) is 0 Å². The third-order valence-electron chi connectivity index (χ3n) is 1.58. The highest BCUT2D eigenvalue weighted by Crippen LogP contribution is 2.15. The maximum absolute atomic E-state index is 9.89. The molecule has 1 heterocycles. The average molecular weight is 163 g/mol. The van der Waals surface area contributed by atoms with Gasteiger partial charge in [0.15, 0.2) is 0 Å². The van der Waals surface area contributed by atoms with Crippen LogP contribution in [-0.2, 0) is 4.74 Å². The second-order valence-electron chi connectivity index (χ2n) is 2.38. The smallest absolute Gasteiger partial charge is 0.218 e. The van der Waals surface area contributed by atoms with Crippen molar-refractivity contribution in [1.82, 2.24) is 0 Å². The molecule has 0 aromatic rings. The van der Waals surface area contributed by atoms with E-state index in [2.05, 4.69) is 9.91 Å². The molecular formula is C5H9NO5. The summed E-state index contributed by atoms with van der Waals surface area (Å²) in [4.78, 5) is 9.89. The van der Waals surface area contributed by atoms with Crippen LogP contribution in [0.1, 0.15) is 0 Å². The molecule has 0 aliphatic carbocycles. The van der Waals surface area contributed by atoms with Crippen molar-refractivity contribution in [3.63, 3.8) is 0 Å². The number of rotatable bonds is 1. The number of aliphatic hydroxyl groups is 3. The highest BCUT2D eigenvalue weighted by atomic mass is 16.5. The molecule has 6 nitrogen and oxygen atoms in total. The van der Waals surface area contributed by atoms with Gasteiger partial charge in [-0.25, -0.2) is 0 Å². The molecule has 1 saturated heterocycles. The maximum Gasteiger partial charge on any atom is 0.218 e. The molecule has 1 aliphatic heterocycles. The number of hydrogen-bond acceptors (Lipinski definition) is 6. The molecule has 64 valence electrons. The van der Waals surface area contributed by atoms with Crippen LogP contribution < -0.4 is 0 Å². The van der Waals surface area contributed by atoms with Crippen molar-refractivity contribution in [3.05, 3.63) is 4.91 Å². The molecular weight excluding hydrogens is 154 g/mol. The standard InChI is InChI=1S/C5H9NO5/c7-2-1-11-5(6-10)4(9)3(2)8/h2-5,7-9H,1H2. The molecule has 3 N–H and O–H groups in total. The molecule has 1 aliphatic rings. The summed E-state index contributed by atoms with van der Waals surface area (Å²) in [5, 5.41) is 29.3. The van der Waals surface area contributed by atoms with Crippen molar-refractivity contribution in [2.75, 3.05) is 6.61 Å². The van der Waals surface area contributed by atoms with Gasteiger partial charge in [0.1, 0.15) is 18.3 Å². The average Bonchev–Trinajstić information content (AvgIpc) is 2.01. The minimum Gasteiger partial charge on any atom is -0.388 e. The third kappa shape index (κ3) is 1.54. The zero-order chi connectivity index (χ0) is 8.43. The van der Waals surface area contributed by atoms with E-state index in [-0.39, 0.29) is 6.61 Å². The van der Waals surface area contributed by atoms with Gasteiger partial charge in [-0.1, -0.05) is 0 Å². The molecule has 11 heavy (non-hydrogen) atoms. The zero-order valence-corrected chi connectivity index (χ0v) is 5.62. The molecule has 0 spiro atoms. The summed E-state index contributed by atoms with van der Waals surface area (Å²) in [5.41, 5.74) is 0. The number of hydrogen-bond donors (Lipinski definition) is 3. The van der Waals surface area contributed by atoms with Crippen LogP contribution in [-0.4, -0.2) is 46.5 Å². The Bertz CT molecular complexity index is 152. The second-order valence-corrected chi connectivity index (χ2v) is 2.38. The number of aliphatic hydroxyl groups excluding tert-OH is 3. The molecule has 4 atom stereocenters. The predicted octanol–water partition coefficient (Wildman–Crippen LogP) is -1.81. The lowest BCUT2D eigenvalue weighted by Crippen LogP contribution is -2.51. The van der Waals surface area contributed by atoms with Crippen LogP contribution in [0.3, 0.4) is 0 Å². The van der Waals surface area contributed by atoms with Crippen molar-refractivity contribution in [1.29, 1.82) is 0 Å². The summed E-state index contributed by atoms with van der Waals surface area (Å²) in [6.07, 6.45) is -5.21. The number of nitrogens with zero attached hydrogens (tertiary/aromatic N) is 1. The predicted molar refractivity (Wildman–Crippen MR) is 33.6 cm³/mol. The summed E-state index contributed by atoms with van der Waals surface area (Å²) in [5.74, 6) is 0. The zero-order valence-electron chi connectivity index (χ0n) is 5.62. The largest absolute Gasteiger partial charge is 0.388 e. The van der Waals surface area contributed by atoms with E-state index in [4.69, 9.17) is 15.3 Å². The van der Waals surface area contributed by atoms with E-state index in [0.29, 0.717) is 0 Å². The van der Waals surface area contributed by atoms with E-state index in [9.17, 15) is 4.91 Å². The quantitative estimate of drug-likeness (QED) is 0.396. The Morgan fingerprint density at radius 2 is 1.91 bits per heavy atom. The normalized spacial score (nSPS) is 45.4. The topological polar surface area (TPSA) is 99.4 Å². The van der Waals surface area contributed by atoms with Crippen LogP contribution in [0.5, 0.6) is 0 Å². The van der Waals surface area contributed by atoms with Gasteiger partial charge in [0.2, 0.25) is 6.23 Å². The molecule has 0 saturated carbocycles. The van der Waals surface area contributed by atoms with Crippen LogP contribution in [0.4, 0.5) is 0 Å². The minimum atomic E-state index is -1.43. The van der Waals surface area contributed by atoms with E-state index in [1.165, 1.54) is 0 Å². The Hall–Kier alpha value is -0.560. The Balaban J connectivity index is 2.58. The second kappa shape index (κ2) is 3.22. The Morgan fingerprint density at radius 1 is 1.27 bits per heavy atom. The molecule has 1 fully saturated rings. The Morgan fingerprint density at radius 3 is 2.45 bits per heavy atom. The first-order chi connectivity index (χ1) is 5.16. The number of nitroso groups, excluding NO2 is 1. The molecule has 4 unspecified atom stereocenters. The molecule has 0 aromatic heterocycles. The van der Waals surface area contributed by atoms with E-state index < -0.39 is 24.5 Å². The first-order valence-electron chi connectivity index (χ1n) is 3.15. The van der Waals surface area contributed by atoms with Crippen LogP contribution in [0, 0.1) is 4.91 Å². The van der Waals surface area contributed by atoms with Gasteiger partial charge in [-0.05, 0) is 5.18 Å². The summed E-state index contributed by atoms with van der Waals surface area (Å²) >= 11 is 0. The van der Waals surface area contributed by atoms with Crippen LogP contribution in [0.2, 0.25) is 0 Å². The van der Waals surface area contributed by atoms with E-state index >= 15 is 0 Å². The fourth-order valence-corrected chi connectivity index (χ4v) is 0.883. The lowest BCUT2D eigenvalue weighted by molar-refractivity contribution is -0.184. The van der Waals surface area contributed by atoms with Gasteiger partial charge in [-0.2, -0.15) is 0 Å². The lowest BCUT2D eigenvalue weighted by Gasteiger charge is -2.31. The molecule has 1 rings (SSSR count). The summed E-state index contributed by atoms with van der Waals surface area (Å²) < 4.78 is 4.58. The molecule has 6 heteroatoms. The molecule has 0 radical (unpaired) electrons. The molecule has 0 aromatic carbocycles. The van der Waals surface area contributed by atoms with Gasteiger partial charge < -0.3 is 20.1 Å². The molecule has 0 amide bonds. The SMILES string of the molecule is O=NC1OCC(O)C(O)C1O. The van der Waals surface area contributed by atoms with E-state index in [1.807, 2.05) is 0 Å². The summed E-state index contributed by atoms with van der Waals surface area (Å²) in [6, 6.07) is 0. The van der Waals surface area contributed by atoms with Gasteiger partial charge in [-0.15, -0.1) is 4.91 Å². The van der Waals surface area contributed by atoms with E-state index in [1.54, 1.807) is 0 Å². The number of ether oxygens (including phenoxy) is 1. The van der Waals surface area contributed by atoms with Crippen LogP contribution in [0.25, 0.3) is 0 Å². The monoisotopic (exact) mass is 163 g/mol. The highest BCUT2D eigenvalue weighted by molar-refractivity contribution is 4.84. The fraction of sp³-hybridized carbons (Fsp3) is 1.00. The van der Waals surface area contributed by atoms with Crippen molar-refractivity contribution < 1.29 is 20.1 Å². The van der Waals surface area contributed by atoms with Crippen molar-refractivity contribution in [2.24, 2.45) is 5.18 Å². The van der Waals surface area contributed by atoms with Crippen LogP contribution >= 0.6 is 0 Å². The molecule has 0 bridgehead atoms. The Labute approximate surface area is 62.4 Å². The van der Waals surface area contributed by atoms with Crippen molar-refractivity contribution >= 4 is 0 Å². The first-order valence-corrected chi connectivity index (χ1v) is 3.15. The van der Waals surface area contributed by atoms with Crippen LogP contribution in [0.15, 0.2) is 5.18 Å². The highest BCUT2D eigenvalue weighted by Gasteiger charge is 2.38. The summed E-state index contributed by atoms with van der Waals surface area (Å²) in [6.45, 7) is -0.186. The van der Waals surface area contributed by atoms with Gasteiger partial charge in [0.25, 0.3) is 0 Å². The van der Waals surface area contributed by atoms with Gasteiger partial charge in [0.05, 0.1) is 6.61 Å². The fourth-order valence-electron chi connectivity index (χ4n) is 0.883. The maximum atomic E-state index is 9.89. The van der Waals surface area contributed by atoms with Gasteiger partial charge >= 0.3 is 0 Å². The van der Waals surface area contributed by atoms with Crippen molar-refractivity contribution in [3.8, 4) is 0 Å². The Kier molecular flexibility index (Phi) is 2.50. The first kappa shape index (κ1) is 8.54. The van der Waals surface area contributed by atoms with Gasteiger partial charge in [0, 0.05) is 0 Å². The van der Waals surface area contributed by atoms with E-state index in [0.717, 1.165) is 0 Å². The summed E-state index contributed by atoms with van der Waals surface area (Å²) in [7, 11) is 0. The lowest BCUT2D eigenvalue weighted by atomic mass is 10.1. The third-order valence-corrected chi connectivity index (χ3v) is 1.58.